The molecule has 2 atom stereocenters. The zero-order valence-electron chi connectivity index (χ0n) is 17.5. The van der Waals surface area contributed by atoms with E-state index in [0.717, 1.165) is 71.5 Å². The van der Waals surface area contributed by atoms with E-state index in [4.69, 9.17) is 4.74 Å². The number of amides is 1. The van der Waals surface area contributed by atoms with Crippen molar-refractivity contribution in [2.45, 2.75) is 44.0 Å². The second-order valence-electron chi connectivity index (χ2n) is 9.77. The Morgan fingerprint density at radius 2 is 1.84 bits per heavy atom. The molecule has 0 aromatic heterocycles. The van der Waals surface area contributed by atoms with Gasteiger partial charge in [0.25, 0.3) is 0 Å². The quantitative estimate of drug-likeness (QED) is 0.659. The molecule has 5 nitrogen and oxygen atoms in total. The van der Waals surface area contributed by atoms with Crippen LogP contribution in [-0.4, -0.2) is 68.0 Å². The second kappa shape index (κ2) is 7.96. The Bertz CT molecular complexity index is 800. The van der Waals surface area contributed by atoms with Gasteiger partial charge < -0.3 is 19.3 Å². The van der Waals surface area contributed by atoms with Crippen molar-refractivity contribution >= 4 is 6.41 Å². The average molecular weight is 438 g/mol. The molecule has 170 valence electrons. The van der Waals surface area contributed by atoms with Crippen LogP contribution in [0.4, 0.5) is 13.2 Å². The molecular weight excluding hydrogens is 409 g/mol. The van der Waals surface area contributed by atoms with Crippen LogP contribution >= 0.6 is 0 Å². The summed E-state index contributed by atoms with van der Waals surface area (Å²) in [7, 11) is 0. The monoisotopic (exact) mass is 438 g/mol. The molecule has 5 rings (SSSR count). The standard InChI is InChI=1S/C23H29F3N2O3/c24-23(25,26)31-21-4-2-1-3-19(21)16-5-7-28(8-6-16)18-9-20(17-11-30-12-17)22(10-18)13-27(14-22)15-29/h1-4,15-18,20H,5-14H2. The van der Waals surface area contributed by atoms with Crippen LogP contribution < -0.4 is 4.74 Å². The van der Waals surface area contributed by atoms with Crippen molar-refractivity contribution in [2.75, 3.05) is 39.4 Å². The third-order valence-corrected chi connectivity index (χ3v) is 8.00. The molecule has 4 fully saturated rings. The molecule has 31 heavy (non-hydrogen) atoms. The molecule has 8 heteroatoms. The van der Waals surface area contributed by atoms with E-state index in [0.29, 0.717) is 23.4 Å². The molecule has 1 saturated carbocycles. The zero-order chi connectivity index (χ0) is 21.6. The van der Waals surface area contributed by atoms with Crippen LogP contribution in [0.15, 0.2) is 24.3 Å². The van der Waals surface area contributed by atoms with Gasteiger partial charge in [0.1, 0.15) is 5.75 Å². The smallest absolute Gasteiger partial charge is 0.405 e. The van der Waals surface area contributed by atoms with Gasteiger partial charge in [0, 0.05) is 30.5 Å². The van der Waals surface area contributed by atoms with Gasteiger partial charge in [-0.05, 0) is 62.2 Å². The number of rotatable bonds is 5. The van der Waals surface area contributed by atoms with Gasteiger partial charge in [-0.2, -0.15) is 0 Å². The van der Waals surface area contributed by atoms with Crippen molar-refractivity contribution in [3.63, 3.8) is 0 Å². The molecule has 1 aromatic rings. The van der Waals surface area contributed by atoms with Crippen molar-refractivity contribution in [1.82, 2.24) is 9.80 Å². The van der Waals surface area contributed by atoms with E-state index in [1.54, 1.807) is 18.2 Å². The fourth-order valence-electron chi connectivity index (χ4n) is 6.52. The molecule has 3 saturated heterocycles. The number of para-hydroxylation sites is 1. The number of halogens is 3. The molecule has 3 aliphatic heterocycles. The molecule has 0 radical (unpaired) electrons. The highest BCUT2D eigenvalue weighted by Gasteiger charge is 2.58. The predicted molar refractivity (Wildman–Crippen MR) is 108 cm³/mol. The zero-order valence-corrected chi connectivity index (χ0v) is 17.5. The predicted octanol–water partition coefficient (Wildman–Crippen LogP) is 3.65. The first-order valence-electron chi connectivity index (χ1n) is 11.2. The third kappa shape index (κ3) is 4.04. The molecule has 1 amide bonds. The van der Waals surface area contributed by atoms with Crippen LogP contribution in [-0.2, 0) is 9.53 Å². The van der Waals surface area contributed by atoms with E-state index in [1.807, 2.05) is 4.90 Å². The summed E-state index contributed by atoms with van der Waals surface area (Å²) in [6.07, 6.45) is 0.196. The van der Waals surface area contributed by atoms with Gasteiger partial charge in [-0.25, -0.2) is 0 Å². The maximum absolute atomic E-state index is 12.8. The summed E-state index contributed by atoms with van der Waals surface area (Å²) in [4.78, 5) is 15.6. The van der Waals surface area contributed by atoms with Gasteiger partial charge in [0.05, 0.1) is 13.2 Å². The van der Waals surface area contributed by atoms with E-state index in [9.17, 15) is 18.0 Å². The number of alkyl halides is 3. The summed E-state index contributed by atoms with van der Waals surface area (Å²) in [5.74, 6) is 1.21. The summed E-state index contributed by atoms with van der Waals surface area (Å²) in [6, 6.07) is 7.04. The SMILES string of the molecule is O=CN1CC2(CC(N3CCC(c4ccccc4OC(F)(F)F)CC3)CC2C2COC2)C1. The van der Waals surface area contributed by atoms with Crippen LogP contribution in [0.1, 0.15) is 37.2 Å². The Kier molecular flexibility index (Phi) is 5.41. The van der Waals surface area contributed by atoms with E-state index in [1.165, 1.54) is 6.07 Å². The highest BCUT2D eigenvalue weighted by Crippen LogP contribution is 2.55. The molecule has 4 aliphatic rings. The molecule has 1 aromatic carbocycles. The largest absolute Gasteiger partial charge is 0.573 e. The lowest BCUT2D eigenvalue weighted by Crippen LogP contribution is -2.60. The second-order valence-corrected chi connectivity index (χ2v) is 9.77. The van der Waals surface area contributed by atoms with Gasteiger partial charge in [-0.3, -0.25) is 4.79 Å². The maximum atomic E-state index is 12.8. The Balaban J connectivity index is 1.23. The minimum absolute atomic E-state index is 0.0678. The molecule has 1 spiro atoms. The normalized spacial score (nSPS) is 29.6. The van der Waals surface area contributed by atoms with Crippen molar-refractivity contribution in [1.29, 1.82) is 0 Å². The molecule has 1 aliphatic carbocycles. The Hall–Kier alpha value is -1.80. The topological polar surface area (TPSA) is 42.0 Å². The number of benzene rings is 1. The Morgan fingerprint density at radius 1 is 1.13 bits per heavy atom. The van der Waals surface area contributed by atoms with Gasteiger partial charge in [-0.15, -0.1) is 13.2 Å². The van der Waals surface area contributed by atoms with E-state index in [-0.39, 0.29) is 17.1 Å². The number of carbonyl (C=O) groups is 1. The van der Waals surface area contributed by atoms with Gasteiger partial charge in [0.15, 0.2) is 0 Å². The highest BCUT2D eigenvalue weighted by molar-refractivity contribution is 5.49. The number of hydrogen-bond acceptors (Lipinski definition) is 4. The van der Waals surface area contributed by atoms with Crippen LogP contribution in [0.5, 0.6) is 5.75 Å². The maximum Gasteiger partial charge on any atom is 0.573 e. The fourth-order valence-corrected chi connectivity index (χ4v) is 6.52. The lowest BCUT2D eigenvalue weighted by Gasteiger charge is -2.53. The van der Waals surface area contributed by atoms with Crippen molar-refractivity contribution in [3.05, 3.63) is 29.8 Å². The first kappa shape index (κ1) is 21.1. The molecule has 0 bridgehead atoms. The summed E-state index contributed by atoms with van der Waals surface area (Å²) >= 11 is 0. The minimum atomic E-state index is -4.67. The lowest BCUT2D eigenvalue weighted by atomic mass is 9.66. The van der Waals surface area contributed by atoms with Crippen molar-refractivity contribution < 1.29 is 27.4 Å². The first-order valence-corrected chi connectivity index (χ1v) is 11.2. The Morgan fingerprint density at radius 3 is 2.45 bits per heavy atom. The van der Waals surface area contributed by atoms with Crippen LogP contribution in [0.25, 0.3) is 0 Å². The number of carbonyl (C=O) groups excluding carboxylic acids is 1. The third-order valence-electron chi connectivity index (χ3n) is 8.00. The summed E-state index contributed by atoms with van der Waals surface area (Å²) in [6.45, 7) is 5.14. The number of piperidine rings is 1. The molecular formula is C23H29F3N2O3. The summed E-state index contributed by atoms with van der Waals surface area (Å²) in [5.41, 5.74) is 0.886. The first-order chi connectivity index (χ1) is 14.9. The van der Waals surface area contributed by atoms with Gasteiger partial charge in [-0.1, -0.05) is 18.2 Å². The van der Waals surface area contributed by atoms with Crippen LogP contribution in [0.2, 0.25) is 0 Å². The molecule has 3 heterocycles. The average Bonchev–Trinajstić information content (AvgIpc) is 3.05. The Labute approximate surface area is 180 Å². The van der Waals surface area contributed by atoms with Crippen LogP contribution in [0, 0.1) is 17.3 Å². The van der Waals surface area contributed by atoms with Crippen molar-refractivity contribution in [2.24, 2.45) is 17.3 Å². The summed E-state index contributed by atoms with van der Waals surface area (Å²) in [5, 5.41) is 0. The van der Waals surface area contributed by atoms with Gasteiger partial charge in [0.2, 0.25) is 6.41 Å². The van der Waals surface area contributed by atoms with Crippen LogP contribution in [0.3, 0.4) is 0 Å². The van der Waals surface area contributed by atoms with Gasteiger partial charge >= 0.3 is 6.36 Å². The van der Waals surface area contributed by atoms with Crippen molar-refractivity contribution in [3.8, 4) is 5.75 Å². The lowest BCUT2D eigenvalue weighted by molar-refractivity contribution is -0.275. The van der Waals surface area contributed by atoms with E-state index >= 15 is 0 Å². The summed E-state index contributed by atoms with van der Waals surface area (Å²) < 4.78 is 48.1. The molecule has 2 unspecified atom stereocenters. The van der Waals surface area contributed by atoms with E-state index < -0.39 is 6.36 Å². The minimum Gasteiger partial charge on any atom is -0.405 e. The highest BCUT2D eigenvalue weighted by atomic mass is 19.4. The van der Waals surface area contributed by atoms with E-state index in [2.05, 4.69) is 9.64 Å². The molecule has 0 N–H and O–H groups in total. The number of ether oxygens (including phenoxy) is 2. The number of hydrogen-bond donors (Lipinski definition) is 0. The fraction of sp³-hybridized carbons (Fsp3) is 0.696. The number of nitrogens with zero attached hydrogens (tertiary/aromatic N) is 2. The number of likely N-dealkylation sites (tertiary alicyclic amines) is 2.